The lowest BCUT2D eigenvalue weighted by Crippen LogP contribution is -2.54. The molecular formula is C30H35F2NO3. The molecule has 0 saturated heterocycles. The van der Waals surface area contributed by atoms with Crippen LogP contribution in [0.5, 0.6) is 0 Å². The summed E-state index contributed by atoms with van der Waals surface area (Å²) in [5.74, 6) is -8.18. The molecule has 0 aliphatic heterocycles. The molecule has 1 amide bonds. The summed E-state index contributed by atoms with van der Waals surface area (Å²) in [5.41, 5.74) is 2.92. The van der Waals surface area contributed by atoms with Crippen molar-refractivity contribution in [3.63, 3.8) is 0 Å². The van der Waals surface area contributed by atoms with Gasteiger partial charge in [0.25, 0.3) is 0 Å². The van der Waals surface area contributed by atoms with Crippen molar-refractivity contribution < 1.29 is 23.8 Å². The first kappa shape index (κ1) is 26.2. The highest BCUT2D eigenvalue weighted by molar-refractivity contribution is 5.95. The van der Waals surface area contributed by atoms with Crippen LogP contribution in [0.1, 0.15) is 56.6 Å². The minimum atomic E-state index is -3.74. The van der Waals surface area contributed by atoms with E-state index in [4.69, 9.17) is 0 Å². The van der Waals surface area contributed by atoms with E-state index in [1.807, 2.05) is 60.7 Å². The van der Waals surface area contributed by atoms with Crippen molar-refractivity contribution in [1.29, 1.82) is 0 Å². The van der Waals surface area contributed by atoms with Crippen LogP contribution < -0.4 is 4.90 Å². The van der Waals surface area contributed by atoms with Crippen LogP contribution in [-0.2, 0) is 17.6 Å². The number of amides is 1. The zero-order valence-corrected chi connectivity index (χ0v) is 20.8. The molecule has 3 aromatic rings. The molecule has 2 N–H and O–H groups in total. The number of aliphatic hydroxyl groups is 2. The number of benzene rings is 3. The Bertz CT molecular complexity index is 1180. The Kier molecular flexibility index (Phi) is 8.06. The zero-order chi connectivity index (χ0) is 25.8. The van der Waals surface area contributed by atoms with Crippen LogP contribution >= 0.6 is 0 Å². The molecule has 0 spiro atoms. The lowest BCUT2D eigenvalue weighted by molar-refractivity contribution is -0.315. The van der Waals surface area contributed by atoms with Gasteiger partial charge in [0.1, 0.15) is 0 Å². The van der Waals surface area contributed by atoms with Crippen LogP contribution in [0.25, 0.3) is 10.8 Å². The number of halogens is 2. The maximum atomic E-state index is 14.4. The molecule has 0 heterocycles. The lowest BCUT2D eigenvalue weighted by atomic mass is 9.81. The Morgan fingerprint density at radius 2 is 1.64 bits per heavy atom. The minimum Gasteiger partial charge on any atom is -0.361 e. The predicted octanol–water partition coefficient (Wildman–Crippen LogP) is 6.26. The molecule has 6 heteroatoms. The van der Waals surface area contributed by atoms with Crippen molar-refractivity contribution in [3.8, 4) is 0 Å². The third-order valence-electron chi connectivity index (χ3n) is 7.30. The molecule has 0 bridgehead atoms. The van der Waals surface area contributed by atoms with Crippen LogP contribution in [0, 0.1) is 5.92 Å². The molecule has 1 unspecified atom stereocenters. The van der Waals surface area contributed by atoms with Crippen molar-refractivity contribution in [3.05, 3.63) is 77.9 Å². The van der Waals surface area contributed by atoms with Crippen molar-refractivity contribution in [1.82, 2.24) is 0 Å². The number of anilines is 1. The summed E-state index contributed by atoms with van der Waals surface area (Å²) in [4.78, 5) is 15.1. The summed E-state index contributed by atoms with van der Waals surface area (Å²) < 4.78 is 28.8. The topological polar surface area (TPSA) is 60.8 Å². The van der Waals surface area contributed by atoms with Gasteiger partial charge in [-0.3, -0.25) is 4.79 Å². The fraction of sp³-hybridized carbons (Fsp3) is 0.433. The Morgan fingerprint density at radius 3 is 2.33 bits per heavy atom. The van der Waals surface area contributed by atoms with Gasteiger partial charge in [-0.15, -0.1) is 0 Å². The van der Waals surface area contributed by atoms with Gasteiger partial charge in [-0.05, 0) is 59.7 Å². The second kappa shape index (κ2) is 11.1. The van der Waals surface area contributed by atoms with Crippen molar-refractivity contribution in [2.75, 3.05) is 11.4 Å². The normalized spacial score (nSPS) is 18.8. The van der Waals surface area contributed by atoms with E-state index in [1.165, 1.54) is 5.56 Å². The third kappa shape index (κ3) is 5.93. The maximum absolute atomic E-state index is 14.4. The van der Waals surface area contributed by atoms with Crippen LogP contribution in [0.3, 0.4) is 0 Å². The largest absolute Gasteiger partial charge is 0.361 e. The minimum absolute atomic E-state index is 0.00298. The van der Waals surface area contributed by atoms with Gasteiger partial charge in [-0.25, -0.2) is 8.78 Å². The van der Waals surface area contributed by atoms with Gasteiger partial charge in [0.05, 0.1) is 0 Å². The molecule has 0 radical (unpaired) electrons. The number of alkyl halides is 2. The van der Waals surface area contributed by atoms with Gasteiger partial charge in [-0.2, -0.15) is 0 Å². The monoisotopic (exact) mass is 495 g/mol. The highest BCUT2D eigenvalue weighted by atomic mass is 19.3. The van der Waals surface area contributed by atoms with E-state index in [2.05, 4.69) is 13.0 Å². The van der Waals surface area contributed by atoms with Crippen molar-refractivity contribution >= 4 is 22.4 Å². The van der Waals surface area contributed by atoms with Gasteiger partial charge < -0.3 is 15.1 Å². The van der Waals surface area contributed by atoms with E-state index in [0.717, 1.165) is 42.0 Å². The molecule has 3 aromatic carbocycles. The first-order valence-electron chi connectivity index (χ1n) is 12.9. The van der Waals surface area contributed by atoms with Crippen LogP contribution in [0.4, 0.5) is 14.5 Å². The smallest absolute Gasteiger partial charge is 0.301 e. The summed E-state index contributed by atoms with van der Waals surface area (Å²) in [6.45, 7) is 2.51. The number of carbonyl (C=O) groups excluding carboxylic acids is 1. The lowest BCUT2D eigenvalue weighted by Gasteiger charge is -2.39. The quantitative estimate of drug-likeness (QED) is 0.272. The van der Waals surface area contributed by atoms with E-state index in [0.29, 0.717) is 18.7 Å². The number of fused-ring (bicyclic) bond motifs is 1. The molecule has 1 saturated carbocycles. The second-order valence-corrected chi connectivity index (χ2v) is 10.0. The molecule has 4 nitrogen and oxygen atoms in total. The first-order valence-corrected chi connectivity index (χ1v) is 12.9. The Hall–Kier alpha value is -2.83. The van der Waals surface area contributed by atoms with E-state index >= 15 is 0 Å². The van der Waals surface area contributed by atoms with Gasteiger partial charge >= 0.3 is 5.92 Å². The predicted molar refractivity (Wildman–Crippen MR) is 139 cm³/mol. The maximum Gasteiger partial charge on any atom is 0.301 e. The van der Waals surface area contributed by atoms with E-state index in [1.54, 1.807) is 4.90 Å². The average molecular weight is 496 g/mol. The number of unbranched alkanes of at least 4 members (excludes halogenated alkanes) is 2. The Balaban J connectivity index is 1.55. The highest BCUT2D eigenvalue weighted by Crippen LogP contribution is 2.43. The van der Waals surface area contributed by atoms with Gasteiger partial charge in [0, 0.05) is 31.0 Å². The van der Waals surface area contributed by atoms with Crippen molar-refractivity contribution in [2.24, 2.45) is 5.92 Å². The summed E-state index contributed by atoms with van der Waals surface area (Å²) in [5, 5.41) is 21.6. The number of aryl methyl sites for hydroxylation is 1. The van der Waals surface area contributed by atoms with Gasteiger partial charge in [-0.1, -0.05) is 74.4 Å². The summed E-state index contributed by atoms with van der Waals surface area (Å²) in [6, 6.07) is 22.0. The van der Waals surface area contributed by atoms with Crippen molar-refractivity contribution in [2.45, 2.75) is 70.0 Å². The zero-order valence-electron chi connectivity index (χ0n) is 20.8. The van der Waals surface area contributed by atoms with Crippen LogP contribution in [0.15, 0.2) is 66.7 Å². The third-order valence-corrected chi connectivity index (χ3v) is 7.30. The number of hydrogen-bond donors (Lipinski definition) is 2. The molecular weight excluding hydrogens is 460 g/mol. The summed E-state index contributed by atoms with van der Waals surface area (Å²) >= 11 is 0. The number of hydrogen-bond acceptors (Lipinski definition) is 3. The highest BCUT2D eigenvalue weighted by Gasteiger charge is 2.57. The number of rotatable bonds is 9. The molecule has 1 atom stereocenters. The van der Waals surface area contributed by atoms with Gasteiger partial charge in [0.15, 0.2) is 0 Å². The second-order valence-electron chi connectivity index (χ2n) is 10.0. The molecule has 36 heavy (non-hydrogen) atoms. The van der Waals surface area contributed by atoms with Crippen LogP contribution in [-0.4, -0.2) is 34.4 Å². The van der Waals surface area contributed by atoms with E-state index < -0.39 is 36.4 Å². The fourth-order valence-corrected chi connectivity index (χ4v) is 4.99. The fourth-order valence-electron chi connectivity index (χ4n) is 4.99. The number of carbonyl (C=O) groups is 1. The van der Waals surface area contributed by atoms with Gasteiger partial charge in [0.2, 0.25) is 11.7 Å². The molecule has 0 aromatic heterocycles. The van der Waals surface area contributed by atoms with E-state index in [9.17, 15) is 23.8 Å². The Morgan fingerprint density at radius 1 is 0.944 bits per heavy atom. The first-order chi connectivity index (χ1) is 17.2. The SMILES string of the molecule is CCCCCc1ccc(N(CCc2ccc3ccccc3c2)C(=O)C2CCC(O)(O)C(F)(F)C2)cc1. The Labute approximate surface area is 211 Å². The molecule has 1 aliphatic carbocycles. The number of nitrogens with zero attached hydrogens (tertiary/aromatic N) is 1. The van der Waals surface area contributed by atoms with Crippen LogP contribution in [0.2, 0.25) is 0 Å². The average Bonchev–Trinajstić information content (AvgIpc) is 2.86. The summed E-state index contributed by atoms with van der Waals surface area (Å²) in [7, 11) is 0. The molecule has 1 fully saturated rings. The molecule has 1 aliphatic rings. The summed E-state index contributed by atoms with van der Waals surface area (Å²) in [6.07, 6.45) is 3.52. The standard InChI is InChI=1S/C30H35F2NO3/c1-2-3-4-7-22-11-14-27(15-12-22)33(28(34)26-16-18-30(35,36)29(31,32)21-26)19-17-23-10-13-24-8-5-6-9-25(24)20-23/h5-6,8-15,20,26,35-36H,2-4,7,16-19,21H2,1H3. The molecule has 4 rings (SSSR count). The van der Waals surface area contributed by atoms with E-state index in [-0.39, 0.29) is 6.42 Å². The molecule has 192 valence electrons.